The lowest BCUT2D eigenvalue weighted by Gasteiger charge is -2.26. The van der Waals surface area contributed by atoms with Gasteiger partial charge in [0.15, 0.2) is 0 Å². The fourth-order valence-corrected chi connectivity index (χ4v) is 2.76. The number of hydrogen-bond acceptors (Lipinski definition) is 5. The lowest BCUT2D eigenvalue weighted by Crippen LogP contribution is -2.44. The van der Waals surface area contributed by atoms with Crippen LogP contribution in [0.15, 0.2) is 24.3 Å². The van der Waals surface area contributed by atoms with Gasteiger partial charge in [-0.1, -0.05) is 24.3 Å². The Balaban J connectivity index is 2.39. The predicted octanol–water partition coefficient (Wildman–Crippen LogP) is 0.795. The molecular formula is C12H11F3NO5S-. The van der Waals surface area contributed by atoms with E-state index in [1.165, 1.54) is 12.1 Å². The molecule has 2 rings (SSSR count). The third-order valence-electron chi connectivity index (χ3n) is 3.22. The first-order chi connectivity index (χ1) is 10.1. The molecule has 1 aromatic rings. The molecule has 0 bridgehead atoms. The van der Waals surface area contributed by atoms with Crippen molar-refractivity contribution in [3.8, 4) is 0 Å². The van der Waals surface area contributed by atoms with E-state index in [1.54, 1.807) is 12.1 Å². The Morgan fingerprint density at radius 2 is 1.95 bits per heavy atom. The molecule has 1 aliphatic rings. The summed E-state index contributed by atoms with van der Waals surface area (Å²) in [5.41, 5.74) is -4.85. The number of amides is 1. The van der Waals surface area contributed by atoms with Gasteiger partial charge in [0.1, 0.15) is 12.2 Å². The number of rotatable bonds is 2. The highest BCUT2D eigenvalue weighted by molar-refractivity contribution is 7.87. The number of fused-ring (bicyclic) bond motifs is 1. The van der Waals surface area contributed by atoms with Gasteiger partial charge in [0.2, 0.25) is 0 Å². The molecule has 0 fully saturated rings. The van der Waals surface area contributed by atoms with Crippen LogP contribution in [0.25, 0.3) is 0 Å². The third-order valence-corrected chi connectivity index (χ3v) is 4.28. The number of carbonyl (C=O) groups is 1. The first-order valence-electron chi connectivity index (χ1n) is 6.15. The second kappa shape index (κ2) is 5.76. The average Bonchev–Trinajstić information content (AvgIpc) is 2.57. The number of nitrogens with zero attached hydrogens (tertiary/aromatic N) is 1. The SMILES string of the molecule is O=C([O-])N1CCc2ccccc2C(OS(=O)(=O)C(F)(F)F)C1. The summed E-state index contributed by atoms with van der Waals surface area (Å²) in [4.78, 5) is 11.7. The van der Waals surface area contributed by atoms with E-state index in [2.05, 4.69) is 4.18 Å². The number of carboxylic acid groups (broad SMARTS) is 1. The summed E-state index contributed by atoms with van der Waals surface area (Å²) in [6, 6.07) is 6.10. The molecule has 1 heterocycles. The average molecular weight is 338 g/mol. The highest BCUT2D eigenvalue weighted by atomic mass is 32.2. The van der Waals surface area contributed by atoms with Gasteiger partial charge in [0, 0.05) is 6.54 Å². The van der Waals surface area contributed by atoms with E-state index >= 15 is 0 Å². The van der Waals surface area contributed by atoms with Crippen molar-refractivity contribution >= 4 is 16.2 Å². The summed E-state index contributed by atoms with van der Waals surface area (Å²) >= 11 is 0. The van der Waals surface area contributed by atoms with E-state index in [4.69, 9.17) is 0 Å². The van der Waals surface area contributed by atoms with Gasteiger partial charge in [-0.3, -0.25) is 4.18 Å². The van der Waals surface area contributed by atoms with Crippen LogP contribution in [0.5, 0.6) is 0 Å². The van der Waals surface area contributed by atoms with Crippen molar-refractivity contribution in [1.29, 1.82) is 0 Å². The lowest BCUT2D eigenvalue weighted by atomic mass is 10.0. The van der Waals surface area contributed by atoms with Crippen LogP contribution >= 0.6 is 0 Å². The molecule has 0 aromatic heterocycles. The maximum Gasteiger partial charge on any atom is 0.523 e. The number of alkyl halides is 3. The monoisotopic (exact) mass is 338 g/mol. The zero-order valence-corrected chi connectivity index (χ0v) is 11.9. The summed E-state index contributed by atoms with van der Waals surface area (Å²) in [6.45, 7) is -0.583. The Morgan fingerprint density at radius 3 is 2.55 bits per heavy atom. The molecule has 1 atom stereocenters. The second-order valence-corrected chi connectivity index (χ2v) is 6.21. The summed E-state index contributed by atoms with van der Waals surface area (Å²) in [7, 11) is -5.85. The van der Waals surface area contributed by atoms with Crippen molar-refractivity contribution in [1.82, 2.24) is 4.90 Å². The molecule has 0 saturated heterocycles. The van der Waals surface area contributed by atoms with Crippen LogP contribution in [0.2, 0.25) is 0 Å². The molecule has 1 aromatic carbocycles. The van der Waals surface area contributed by atoms with Gasteiger partial charge in [-0.15, -0.1) is 0 Å². The standard InChI is InChI=1S/C12H12F3NO5S/c13-12(14,15)22(19,20)21-10-7-16(11(17)18)6-5-8-3-1-2-4-9(8)10/h1-4,10H,5-7H2,(H,17,18)/p-1. The van der Waals surface area contributed by atoms with E-state index < -0.39 is 34.4 Å². The number of halogens is 3. The summed E-state index contributed by atoms with van der Waals surface area (Å²) in [5, 5.41) is 11.0. The van der Waals surface area contributed by atoms with Gasteiger partial charge in [0.05, 0.1) is 6.54 Å². The van der Waals surface area contributed by atoms with E-state index in [9.17, 15) is 31.5 Å². The van der Waals surface area contributed by atoms with Crippen molar-refractivity contribution in [3.05, 3.63) is 35.4 Å². The first kappa shape index (κ1) is 16.6. The molecular weight excluding hydrogens is 327 g/mol. The largest absolute Gasteiger partial charge is 0.530 e. The zero-order chi connectivity index (χ0) is 16.5. The minimum atomic E-state index is -5.85. The quantitative estimate of drug-likeness (QED) is 0.588. The highest BCUT2D eigenvalue weighted by Gasteiger charge is 2.49. The van der Waals surface area contributed by atoms with E-state index in [0.29, 0.717) is 5.56 Å². The summed E-state index contributed by atoms with van der Waals surface area (Å²) in [6.07, 6.45) is -2.97. The fourth-order valence-electron chi connectivity index (χ4n) is 2.18. The Morgan fingerprint density at radius 1 is 1.32 bits per heavy atom. The second-order valence-electron chi connectivity index (χ2n) is 4.65. The third kappa shape index (κ3) is 3.33. The molecule has 1 amide bonds. The minimum Gasteiger partial charge on any atom is -0.530 e. The Bertz CT molecular complexity index is 674. The van der Waals surface area contributed by atoms with Crippen LogP contribution in [-0.2, 0) is 20.7 Å². The Hall–Kier alpha value is -1.81. The molecule has 122 valence electrons. The molecule has 0 aliphatic carbocycles. The predicted molar refractivity (Wildman–Crippen MR) is 65.9 cm³/mol. The molecule has 22 heavy (non-hydrogen) atoms. The number of benzene rings is 1. The molecule has 0 saturated carbocycles. The minimum absolute atomic E-state index is 0.0225. The zero-order valence-electron chi connectivity index (χ0n) is 11.0. The summed E-state index contributed by atoms with van der Waals surface area (Å²) in [5.74, 6) is 0. The molecule has 0 N–H and O–H groups in total. The van der Waals surface area contributed by atoms with Crippen LogP contribution in [0.3, 0.4) is 0 Å². The molecule has 10 heteroatoms. The normalized spacial score (nSPS) is 19.4. The van der Waals surface area contributed by atoms with Crippen molar-refractivity contribution < 1.29 is 35.7 Å². The van der Waals surface area contributed by atoms with Crippen LogP contribution in [0.4, 0.5) is 18.0 Å². The van der Waals surface area contributed by atoms with Gasteiger partial charge in [-0.2, -0.15) is 21.6 Å². The first-order valence-corrected chi connectivity index (χ1v) is 7.56. The number of carbonyl (C=O) groups excluding carboxylic acids is 1. The summed E-state index contributed by atoms with van der Waals surface area (Å²) < 4.78 is 64.0. The van der Waals surface area contributed by atoms with Crippen LogP contribution in [-0.4, -0.2) is 38.0 Å². The molecule has 1 aliphatic heterocycles. The topological polar surface area (TPSA) is 86.7 Å². The fraction of sp³-hybridized carbons (Fsp3) is 0.417. The van der Waals surface area contributed by atoms with Crippen molar-refractivity contribution in [3.63, 3.8) is 0 Å². The van der Waals surface area contributed by atoms with Crippen molar-refractivity contribution in [2.45, 2.75) is 18.0 Å². The molecule has 0 radical (unpaired) electrons. The van der Waals surface area contributed by atoms with Gasteiger partial charge in [-0.05, 0) is 17.5 Å². The van der Waals surface area contributed by atoms with Crippen LogP contribution in [0.1, 0.15) is 17.2 Å². The van der Waals surface area contributed by atoms with E-state index in [-0.39, 0.29) is 18.5 Å². The molecule has 6 nitrogen and oxygen atoms in total. The maximum absolute atomic E-state index is 12.5. The van der Waals surface area contributed by atoms with Crippen LogP contribution in [0, 0.1) is 0 Å². The van der Waals surface area contributed by atoms with Gasteiger partial charge in [0.25, 0.3) is 0 Å². The van der Waals surface area contributed by atoms with Gasteiger partial charge >= 0.3 is 15.6 Å². The van der Waals surface area contributed by atoms with E-state index in [0.717, 1.165) is 4.90 Å². The van der Waals surface area contributed by atoms with Gasteiger partial charge in [-0.25, -0.2) is 0 Å². The van der Waals surface area contributed by atoms with Gasteiger partial charge < -0.3 is 14.8 Å². The highest BCUT2D eigenvalue weighted by Crippen LogP contribution is 2.33. The van der Waals surface area contributed by atoms with E-state index in [1.807, 2.05) is 0 Å². The molecule has 0 spiro atoms. The van der Waals surface area contributed by atoms with Crippen molar-refractivity contribution in [2.24, 2.45) is 0 Å². The smallest absolute Gasteiger partial charge is 0.523 e. The Labute approximate surface area is 124 Å². The maximum atomic E-state index is 12.5. The lowest BCUT2D eigenvalue weighted by molar-refractivity contribution is -0.266. The van der Waals surface area contributed by atoms with Crippen LogP contribution < -0.4 is 5.11 Å². The number of hydrogen-bond donors (Lipinski definition) is 0. The van der Waals surface area contributed by atoms with Crippen molar-refractivity contribution in [2.75, 3.05) is 13.1 Å². The molecule has 1 unspecified atom stereocenters. The Kier molecular flexibility index (Phi) is 4.34.